The van der Waals surface area contributed by atoms with Gasteiger partial charge < -0.3 is 13.7 Å². The average molecular weight is 305 g/mol. The van der Waals surface area contributed by atoms with Crippen LogP contribution in [-0.4, -0.2) is 26.7 Å². The van der Waals surface area contributed by atoms with E-state index in [0.717, 1.165) is 6.42 Å². The average Bonchev–Trinajstić information content (AvgIpc) is 2.94. The lowest BCUT2D eigenvalue weighted by Crippen LogP contribution is -2.47. The Hall–Kier alpha value is -2.18. The molecular formula is C15H19N3O4. The third-order valence-corrected chi connectivity index (χ3v) is 3.80. The van der Waals surface area contributed by atoms with Crippen LogP contribution in [0.4, 0.5) is 0 Å². The van der Waals surface area contributed by atoms with Gasteiger partial charge in [-0.2, -0.15) is 4.98 Å². The van der Waals surface area contributed by atoms with Gasteiger partial charge in [-0.25, -0.2) is 4.98 Å². The number of nitrogens with zero attached hydrogens (tertiary/aromatic N) is 3. The second-order valence-electron chi connectivity index (χ2n) is 6.62. The van der Waals surface area contributed by atoms with E-state index in [1.807, 2.05) is 20.8 Å². The Balaban J connectivity index is 1.90. The molecule has 1 aliphatic carbocycles. The van der Waals surface area contributed by atoms with E-state index in [0.29, 0.717) is 30.1 Å². The fraction of sp³-hybridized carbons (Fsp3) is 0.600. The first kappa shape index (κ1) is 14.7. The van der Waals surface area contributed by atoms with Crippen molar-refractivity contribution in [1.29, 1.82) is 0 Å². The van der Waals surface area contributed by atoms with Crippen LogP contribution in [-0.2, 0) is 14.9 Å². The summed E-state index contributed by atoms with van der Waals surface area (Å²) in [6, 6.07) is 0. The number of hydrogen-bond acceptors (Lipinski definition) is 7. The number of hydrogen-bond donors (Lipinski definition) is 0. The van der Waals surface area contributed by atoms with Crippen molar-refractivity contribution in [3.8, 4) is 11.6 Å². The SMILES string of the molecule is Cc1ocnc1-c1nc(C2(C(=O)OC(C)(C)C)CCC2)no1. The van der Waals surface area contributed by atoms with Crippen molar-refractivity contribution in [2.75, 3.05) is 0 Å². The minimum Gasteiger partial charge on any atom is -0.459 e. The molecular weight excluding hydrogens is 286 g/mol. The number of aryl methyl sites for hydroxylation is 1. The molecule has 2 aromatic rings. The van der Waals surface area contributed by atoms with Gasteiger partial charge in [-0.1, -0.05) is 11.6 Å². The van der Waals surface area contributed by atoms with Gasteiger partial charge in [-0.15, -0.1) is 0 Å². The van der Waals surface area contributed by atoms with E-state index in [4.69, 9.17) is 13.7 Å². The van der Waals surface area contributed by atoms with E-state index in [1.165, 1.54) is 6.39 Å². The number of carbonyl (C=O) groups is 1. The molecule has 2 heterocycles. The molecule has 1 saturated carbocycles. The van der Waals surface area contributed by atoms with Crippen LogP contribution in [0.2, 0.25) is 0 Å². The molecule has 0 atom stereocenters. The van der Waals surface area contributed by atoms with Gasteiger partial charge in [0.1, 0.15) is 16.8 Å². The highest BCUT2D eigenvalue weighted by Gasteiger charge is 2.52. The summed E-state index contributed by atoms with van der Waals surface area (Å²) in [6.07, 6.45) is 3.59. The summed E-state index contributed by atoms with van der Waals surface area (Å²) >= 11 is 0. The molecule has 3 rings (SSSR count). The number of rotatable bonds is 3. The summed E-state index contributed by atoms with van der Waals surface area (Å²) in [5.41, 5.74) is -0.848. The molecule has 0 unspecified atom stereocenters. The molecule has 22 heavy (non-hydrogen) atoms. The zero-order chi connectivity index (χ0) is 16.0. The van der Waals surface area contributed by atoms with Crippen molar-refractivity contribution in [3.63, 3.8) is 0 Å². The van der Waals surface area contributed by atoms with Crippen LogP contribution in [0.15, 0.2) is 15.3 Å². The first-order valence-electron chi connectivity index (χ1n) is 7.30. The van der Waals surface area contributed by atoms with Gasteiger partial charge in [0.25, 0.3) is 5.89 Å². The largest absolute Gasteiger partial charge is 0.459 e. The van der Waals surface area contributed by atoms with E-state index >= 15 is 0 Å². The molecule has 0 amide bonds. The molecule has 0 N–H and O–H groups in total. The predicted molar refractivity (Wildman–Crippen MR) is 75.9 cm³/mol. The van der Waals surface area contributed by atoms with Crippen molar-refractivity contribution < 1.29 is 18.5 Å². The summed E-state index contributed by atoms with van der Waals surface area (Å²) in [5, 5.41) is 3.99. The van der Waals surface area contributed by atoms with Gasteiger partial charge in [-0.3, -0.25) is 4.79 Å². The van der Waals surface area contributed by atoms with Gasteiger partial charge in [-0.05, 0) is 40.5 Å². The minimum atomic E-state index is -0.799. The van der Waals surface area contributed by atoms with Crippen LogP contribution in [0.1, 0.15) is 51.6 Å². The molecule has 0 radical (unpaired) electrons. The zero-order valence-electron chi connectivity index (χ0n) is 13.2. The van der Waals surface area contributed by atoms with Gasteiger partial charge in [0.05, 0.1) is 0 Å². The molecule has 1 fully saturated rings. The standard InChI is InChI=1S/C15H19N3O4/c1-9-10(16-8-20-9)11-17-12(18-22-11)15(6-5-7-15)13(19)21-14(2,3)4/h8H,5-7H2,1-4H3. The lowest BCUT2D eigenvalue weighted by Gasteiger charge is -2.38. The second kappa shape index (κ2) is 4.93. The highest BCUT2D eigenvalue weighted by Crippen LogP contribution is 2.44. The van der Waals surface area contributed by atoms with Gasteiger partial charge in [0, 0.05) is 0 Å². The summed E-state index contributed by atoms with van der Waals surface area (Å²) in [6.45, 7) is 7.30. The minimum absolute atomic E-state index is 0.260. The molecule has 118 valence electrons. The van der Waals surface area contributed by atoms with Crippen molar-refractivity contribution in [3.05, 3.63) is 18.0 Å². The Morgan fingerprint density at radius 1 is 1.36 bits per heavy atom. The third kappa shape index (κ3) is 2.40. The highest BCUT2D eigenvalue weighted by atomic mass is 16.6. The summed E-state index contributed by atoms with van der Waals surface area (Å²) in [7, 11) is 0. The third-order valence-electron chi connectivity index (χ3n) is 3.80. The molecule has 7 heteroatoms. The van der Waals surface area contributed by atoms with E-state index in [9.17, 15) is 4.79 Å². The molecule has 2 aromatic heterocycles. The molecule has 7 nitrogen and oxygen atoms in total. The number of esters is 1. The van der Waals surface area contributed by atoms with Crippen molar-refractivity contribution in [2.45, 2.75) is 58.0 Å². The smallest absolute Gasteiger partial charge is 0.320 e. The second-order valence-corrected chi connectivity index (χ2v) is 6.62. The Morgan fingerprint density at radius 2 is 2.09 bits per heavy atom. The van der Waals surface area contributed by atoms with Gasteiger partial charge >= 0.3 is 5.97 Å². The van der Waals surface area contributed by atoms with Crippen LogP contribution in [0.5, 0.6) is 0 Å². The fourth-order valence-corrected chi connectivity index (χ4v) is 2.45. The Bertz CT molecular complexity index is 692. The molecule has 0 aliphatic heterocycles. The topological polar surface area (TPSA) is 91.2 Å². The molecule has 0 spiro atoms. The van der Waals surface area contributed by atoms with E-state index in [1.54, 1.807) is 6.92 Å². The summed E-state index contributed by atoms with van der Waals surface area (Å²) in [4.78, 5) is 21.0. The first-order valence-corrected chi connectivity index (χ1v) is 7.30. The number of oxazole rings is 1. The quantitative estimate of drug-likeness (QED) is 0.805. The van der Waals surface area contributed by atoms with Crippen molar-refractivity contribution in [1.82, 2.24) is 15.1 Å². The van der Waals surface area contributed by atoms with Crippen LogP contribution >= 0.6 is 0 Å². The van der Waals surface area contributed by atoms with E-state index in [-0.39, 0.29) is 11.9 Å². The molecule has 1 aliphatic rings. The normalized spacial score (nSPS) is 17.1. The number of aromatic nitrogens is 3. The van der Waals surface area contributed by atoms with E-state index < -0.39 is 11.0 Å². The zero-order valence-corrected chi connectivity index (χ0v) is 13.2. The summed E-state index contributed by atoms with van der Waals surface area (Å²) in [5.74, 6) is 0.923. The van der Waals surface area contributed by atoms with Crippen LogP contribution in [0.3, 0.4) is 0 Å². The maximum atomic E-state index is 12.5. The van der Waals surface area contributed by atoms with Crippen molar-refractivity contribution >= 4 is 5.97 Å². The lowest BCUT2D eigenvalue weighted by molar-refractivity contribution is -0.166. The van der Waals surface area contributed by atoms with Crippen LogP contribution < -0.4 is 0 Å². The van der Waals surface area contributed by atoms with E-state index in [2.05, 4.69) is 15.1 Å². The maximum absolute atomic E-state index is 12.5. The predicted octanol–water partition coefficient (Wildman–Crippen LogP) is 2.80. The lowest BCUT2D eigenvalue weighted by atomic mass is 9.68. The van der Waals surface area contributed by atoms with Gasteiger partial charge in [0.15, 0.2) is 17.9 Å². The Morgan fingerprint density at radius 3 is 2.59 bits per heavy atom. The fourth-order valence-electron chi connectivity index (χ4n) is 2.45. The Labute approximate surface area is 128 Å². The summed E-state index contributed by atoms with van der Waals surface area (Å²) < 4.78 is 15.9. The first-order chi connectivity index (χ1) is 10.3. The van der Waals surface area contributed by atoms with Crippen molar-refractivity contribution in [2.24, 2.45) is 0 Å². The van der Waals surface area contributed by atoms with Crippen LogP contribution in [0.25, 0.3) is 11.6 Å². The molecule has 0 saturated heterocycles. The molecule has 0 bridgehead atoms. The number of carbonyl (C=O) groups excluding carboxylic acids is 1. The van der Waals surface area contributed by atoms with Crippen LogP contribution in [0, 0.1) is 6.92 Å². The monoisotopic (exact) mass is 305 g/mol. The number of ether oxygens (including phenoxy) is 1. The molecule has 0 aromatic carbocycles. The maximum Gasteiger partial charge on any atom is 0.320 e. The Kier molecular flexibility index (Phi) is 3.30. The van der Waals surface area contributed by atoms with Gasteiger partial charge in [0.2, 0.25) is 0 Å². The highest BCUT2D eigenvalue weighted by molar-refractivity contribution is 5.83.